The van der Waals surface area contributed by atoms with E-state index in [1.165, 1.54) is 31.2 Å². The number of hydrogen-bond acceptors (Lipinski definition) is 4. The number of anilines is 1. The predicted molar refractivity (Wildman–Crippen MR) is 98.5 cm³/mol. The van der Waals surface area contributed by atoms with E-state index in [1.807, 2.05) is 0 Å². The molecule has 2 rings (SSSR count). The standard InChI is InChI=1S/C20H21FN2O4/c1-3-18(19(25)23-17-10-8-16(21)9-11-17)27-20(26)15-6-4-14(5-7-15)12-22-13(2)24/h4-11,18H,3,12H2,1-2H3,(H,22,24)(H,23,25). The molecule has 0 radical (unpaired) electrons. The number of ether oxygens (including phenoxy) is 1. The first kappa shape index (κ1) is 20.1. The van der Waals surface area contributed by atoms with Gasteiger partial charge in [0.15, 0.2) is 6.10 Å². The van der Waals surface area contributed by atoms with E-state index in [9.17, 15) is 18.8 Å². The summed E-state index contributed by atoms with van der Waals surface area (Å²) >= 11 is 0. The molecule has 0 saturated heterocycles. The smallest absolute Gasteiger partial charge is 0.338 e. The van der Waals surface area contributed by atoms with Crippen LogP contribution in [-0.2, 0) is 20.9 Å². The lowest BCUT2D eigenvalue weighted by atomic mass is 10.1. The number of esters is 1. The van der Waals surface area contributed by atoms with Crippen molar-refractivity contribution in [1.29, 1.82) is 0 Å². The number of hydrogen-bond donors (Lipinski definition) is 2. The maximum atomic E-state index is 12.9. The fourth-order valence-electron chi connectivity index (χ4n) is 2.26. The zero-order valence-electron chi connectivity index (χ0n) is 15.1. The van der Waals surface area contributed by atoms with Crippen molar-refractivity contribution in [2.45, 2.75) is 32.9 Å². The summed E-state index contributed by atoms with van der Waals surface area (Å²) in [6, 6.07) is 11.9. The van der Waals surface area contributed by atoms with E-state index in [1.54, 1.807) is 31.2 Å². The zero-order valence-corrected chi connectivity index (χ0v) is 15.1. The minimum Gasteiger partial charge on any atom is -0.449 e. The van der Waals surface area contributed by atoms with Crippen molar-refractivity contribution >= 4 is 23.5 Å². The van der Waals surface area contributed by atoms with Crippen molar-refractivity contribution in [3.63, 3.8) is 0 Å². The van der Waals surface area contributed by atoms with Crippen molar-refractivity contribution in [2.75, 3.05) is 5.32 Å². The van der Waals surface area contributed by atoms with Crippen LogP contribution in [0.15, 0.2) is 48.5 Å². The van der Waals surface area contributed by atoms with Crippen molar-refractivity contribution < 1.29 is 23.5 Å². The SMILES string of the molecule is CCC(OC(=O)c1ccc(CNC(C)=O)cc1)C(=O)Nc1ccc(F)cc1. The topological polar surface area (TPSA) is 84.5 Å². The molecule has 0 spiro atoms. The van der Waals surface area contributed by atoms with E-state index in [2.05, 4.69) is 10.6 Å². The van der Waals surface area contributed by atoms with Gasteiger partial charge in [-0.25, -0.2) is 9.18 Å². The van der Waals surface area contributed by atoms with Gasteiger partial charge >= 0.3 is 5.97 Å². The molecule has 0 bridgehead atoms. The van der Waals surface area contributed by atoms with Crippen LogP contribution in [0.25, 0.3) is 0 Å². The van der Waals surface area contributed by atoms with Gasteiger partial charge in [0.1, 0.15) is 5.82 Å². The van der Waals surface area contributed by atoms with Gasteiger partial charge in [0, 0.05) is 19.2 Å². The maximum absolute atomic E-state index is 12.9. The Balaban J connectivity index is 1.96. The Hall–Kier alpha value is -3.22. The van der Waals surface area contributed by atoms with E-state index in [0.717, 1.165) is 5.56 Å². The highest BCUT2D eigenvalue weighted by atomic mass is 19.1. The van der Waals surface area contributed by atoms with E-state index < -0.39 is 23.8 Å². The molecule has 7 heteroatoms. The van der Waals surface area contributed by atoms with Crippen LogP contribution in [-0.4, -0.2) is 23.9 Å². The predicted octanol–water partition coefficient (Wildman–Crippen LogP) is 3.04. The molecule has 1 atom stereocenters. The number of amides is 2. The third-order valence-corrected chi connectivity index (χ3v) is 3.76. The third kappa shape index (κ3) is 6.22. The molecule has 0 aliphatic heterocycles. The van der Waals surface area contributed by atoms with Gasteiger partial charge in [0.2, 0.25) is 5.91 Å². The average molecular weight is 372 g/mol. The Morgan fingerprint density at radius 3 is 2.22 bits per heavy atom. The molecule has 2 aromatic carbocycles. The molecule has 0 fully saturated rings. The molecule has 1 unspecified atom stereocenters. The summed E-state index contributed by atoms with van der Waals surface area (Å²) < 4.78 is 18.2. The van der Waals surface area contributed by atoms with Crippen LogP contribution >= 0.6 is 0 Å². The number of rotatable bonds is 7. The highest BCUT2D eigenvalue weighted by molar-refractivity contribution is 5.97. The van der Waals surface area contributed by atoms with Gasteiger partial charge in [-0.05, 0) is 48.4 Å². The summed E-state index contributed by atoms with van der Waals surface area (Å²) in [5, 5.41) is 5.25. The Bertz CT molecular complexity index is 804. The van der Waals surface area contributed by atoms with Gasteiger partial charge in [-0.1, -0.05) is 19.1 Å². The van der Waals surface area contributed by atoms with Crippen LogP contribution in [0.2, 0.25) is 0 Å². The second-order valence-corrected chi connectivity index (χ2v) is 5.91. The van der Waals surface area contributed by atoms with Crippen LogP contribution in [0.4, 0.5) is 10.1 Å². The molecule has 2 N–H and O–H groups in total. The molecule has 0 heterocycles. The van der Waals surface area contributed by atoms with Crippen molar-refractivity contribution in [2.24, 2.45) is 0 Å². The van der Waals surface area contributed by atoms with Crippen LogP contribution in [0.1, 0.15) is 36.2 Å². The number of benzene rings is 2. The summed E-state index contributed by atoms with van der Waals surface area (Å²) in [5.41, 5.74) is 1.55. The van der Waals surface area contributed by atoms with Crippen LogP contribution in [0, 0.1) is 5.82 Å². The summed E-state index contributed by atoms with van der Waals surface area (Å²) in [6.07, 6.45) is -0.680. The first-order valence-corrected chi connectivity index (χ1v) is 8.50. The second kappa shape index (κ2) is 9.47. The zero-order chi connectivity index (χ0) is 19.8. The van der Waals surface area contributed by atoms with Crippen LogP contribution < -0.4 is 10.6 Å². The molecule has 0 aromatic heterocycles. The highest BCUT2D eigenvalue weighted by Crippen LogP contribution is 2.13. The Morgan fingerprint density at radius 2 is 1.67 bits per heavy atom. The normalized spacial score (nSPS) is 11.4. The molecule has 0 aliphatic rings. The van der Waals surface area contributed by atoms with Gasteiger partial charge in [-0.3, -0.25) is 9.59 Å². The Kier molecular flexibility index (Phi) is 7.05. The first-order chi connectivity index (χ1) is 12.9. The summed E-state index contributed by atoms with van der Waals surface area (Å²) in [5.74, 6) is -1.66. The van der Waals surface area contributed by atoms with Gasteiger partial charge in [-0.15, -0.1) is 0 Å². The van der Waals surface area contributed by atoms with E-state index in [-0.39, 0.29) is 5.91 Å². The Labute approximate surface area is 156 Å². The van der Waals surface area contributed by atoms with Gasteiger partial charge < -0.3 is 15.4 Å². The number of halogens is 1. The lowest BCUT2D eigenvalue weighted by Gasteiger charge is -2.16. The molecular formula is C20H21FN2O4. The third-order valence-electron chi connectivity index (χ3n) is 3.76. The molecule has 2 amide bonds. The van der Waals surface area contributed by atoms with Gasteiger partial charge in [0.05, 0.1) is 5.56 Å². The quantitative estimate of drug-likeness (QED) is 0.732. The van der Waals surface area contributed by atoms with E-state index in [4.69, 9.17) is 4.74 Å². The molecule has 27 heavy (non-hydrogen) atoms. The summed E-state index contributed by atoms with van der Waals surface area (Å²) in [6.45, 7) is 3.51. The van der Waals surface area contributed by atoms with Crippen molar-refractivity contribution in [3.8, 4) is 0 Å². The largest absolute Gasteiger partial charge is 0.449 e. The molecule has 0 aliphatic carbocycles. The molecule has 0 saturated carbocycles. The summed E-state index contributed by atoms with van der Waals surface area (Å²) in [7, 11) is 0. The number of carbonyl (C=O) groups is 3. The first-order valence-electron chi connectivity index (χ1n) is 8.50. The minimum absolute atomic E-state index is 0.142. The summed E-state index contributed by atoms with van der Waals surface area (Å²) in [4.78, 5) is 35.5. The average Bonchev–Trinajstić information content (AvgIpc) is 2.66. The van der Waals surface area contributed by atoms with Gasteiger partial charge in [-0.2, -0.15) is 0 Å². The van der Waals surface area contributed by atoms with Crippen molar-refractivity contribution in [3.05, 3.63) is 65.5 Å². The van der Waals surface area contributed by atoms with Crippen LogP contribution in [0.3, 0.4) is 0 Å². The van der Waals surface area contributed by atoms with E-state index >= 15 is 0 Å². The Morgan fingerprint density at radius 1 is 1.04 bits per heavy atom. The molecule has 2 aromatic rings. The lowest BCUT2D eigenvalue weighted by Crippen LogP contribution is -2.32. The van der Waals surface area contributed by atoms with Crippen molar-refractivity contribution in [1.82, 2.24) is 5.32 Å². The minimum atomic E-state index is -0.971. The number of nitrogens with one attached hydrogen (secondary N) is 2. The van der Waals surface area contributed by atoms with Gasteiger partial charge in [0.25, 0.3) is 5.91 Å². The van der Waals surface area contributed by atoms with E-state index in [0.29, 0.717) is 24.2 Å². The lowest BCUT2D eigenvalue weighted by molar-refractivity contribution is -0.124. The fraction of sp³-hybridized carbons (Fsp3) is 0.250. The molecule has 142 valence electrons. The second-order valence-electron chi connectivity index (χ2n) is 5.91. The highest BCUT2D eigenvalue weighted by Gasteiger charge is 2.22. The monoisotopic (exact) mass is 372 g/mol. The fourth-order valence-corrected chi connectivity index (χ4v) is 2.26. The number of carbonyl (C=O) groups excluding carboxylic acids is 3. The maximum Gasteiger partial charge on any atom is 0.338 e. The molecule has 6 nitrogen and oxygen atoms in total. The van der Waals surface area contributed by atoms with Crippen LogP contribution in [0.5, 0.6) is 0 Å². The molecular weight excluding hydrogens is 351 g/mol.